The molecule has 0 radical (unpaired) electrons. The summed E-state index contributed by atoms with van der Waals surface area (Å²) in [5, 5.41) is 0. The summed E-state index contributed by atoms with van der Waals surface area (Å²) in [7, 11) is 2.83. The zero-order valence-corrected chi connectivity index (χ0v) is 14.5. The molecule has 0 aliphatic heterocycles. The van der Waals surface area contributed by atoms with Crippen LogP contribution in [0.3, 0.4) is 0 Å². The number of aromatic nitrogens is 2. The van der Waals surface area contributed by atoms with E-state index in [1.54, 1.807) is 0 Å². The van der Waals surface area contributed by atoms with Crippen molar-refractivity contribution in [2.24, 2.45) is 0 Å². The van der Waals surface area contributed by atoms with E-state index >= 15 is 0 Å². The van der Waals surface area contributed by atoms with Crippen molar-refractivity contribution in [2.45, 2.75) is 19.0 Å². The maximum atomic E-state index is 13.3. The number of methoxy groups -OCH3 is 2. The smallest absolute Gasteiger partial charge is 0.354 e. The number of pyridine rings is 1. The standard InChI is InChI=1S/C14H15ClF3N3O2S/c1-22-11(23-2)8-21(7-9-6-20-13(15)24-9)12-10(14(16,17)18)4-3-5-19-12/h3-6,11H,7-8H2,1-2H3. The first-order valence-corrected chi connectivity index (χ1v) is 7.97. The number of halogens is 4. The van der Waals surface area contributed by atoms with Crippen molar-refractivity contribution < 1.29 is 22.6 Å². The molecule has 0 fully saturated rings. The molecule has 24 heavy (non-hydrogen) atoms. The van der Waals surface area contributed by atoms with Crippen molar-refractivity contribution in [2.75, 3.05) is 25.7 Å². The summed E-state index contributed by atoms with van der Waals surface area (Å²) in [5.74, 6) is -0.200. The SMILES string of the molecule is COC(CN(Cc1cnc(Cl)s1)c1ncccc1C(F)(F)F)OC. The van der Waals surface area contributed by atoms with Crippen molar-refractivity contribution in [3.63, 3.8) is 0 Å². The number of anilines is 1. The fourth-order valence-electron chi connectivity index (χ4n) is 2.07. The number of thiazole rings is 1. The molecule has 0 aliphatic carbocycles. The number of rotatable bonds is 7. The lowest BCUT2D eigenvalue weighted by Gasteiger charge is -2.28. The molecule has 0 unspecified atom stereocenters. The molecule has 0 saturated carbocycles. The van der Waals surface area contributed by atoms with Crippen LogP contribution < -0.4 is 4.90 Å². The van der Waals surface area contributed by atoms with Gasteiger partial charge in [0, 0.05) is 31.5 Å². The monoisotopic (exact) mass is 381 g/mol. The van der Waals surface area contributed by atoms with Crippen molar-refractivity contribution >= 4 is 28.8 Å². The summed E-state index contributed by atoms with van der Waals surface area (Å²) >= 11 is 6.99. The zero-order chi connectivity index (χ0) is 17.7. The number of nitrogens with zero attached hydrogens (tertiary/aromatic N) is 3. The van der Waals surface area contributed by atoms with Gasteiger partial charge in [0.2, 0.25) is 0 Å². The van der Waals surface area contributed by atoms with Crippen LogP contribution in [0.2, 0.25) is 4.47 Å². The maximum absolute atomic E-state index is 13.3. The Morgan fingerprint density at radius 1 is 1.29 bits per heavy atom. The molecule has 0 bridgehead atoms. The van der Waals surface area contributed by atoms with Crippen LogP contribution in [0, 0.1) is 0 Å². The first-order chi connectivity index (χ1) is 11.3. The molecule has 132 valence electrons. The van der Waals surface area contributed by atoms with Gasteiger partial charge in [-0.1, -0.05) is 11.6 Å². The van der Waals surface area contributed by atoms with Crippen LogP contribution in [-0.2, 0) is 22.2 Å². The van der Waals surface area contributed by atoms with Gasteiger partial charge in [-0.2, -0.15) is 13.2 Å². The predicted octanol–water partition coefficient (Wildman–Crippen LogP) is 3.84. The van der Waals surface area contributed by atoms with E-state index in [1.165, 1.54) is 48.9 Å². The Kier molecular flexibility index (Phi) is 6.39. The topological polar surface area (TPSA) is 47.5 Å². The van der Waals surface area contributed by atoms with Gasteiger partial charge in [-0.05, 0) is 12.1 Å². The number of hydrogen-bond acceptors (Lipinski definition) is 6. The van der Waals surface area contributed by atoms with Gasteiger partial charge in [0.05, 0.1) is 18.7 Å². The Bertz CT molecular complexity index is 665. The van der Waals surface area contributed by atoms with Gasteiger partial charge < -0.3 is 14.4 Å². The van der Waals surface area contributed by atoms with Gasteiger partial charge >= 0.3 is 6.18 Å². The molecule has 2 heterocycles. The zero-order valence-electron chi connectivity index (χ0n) is 12.9. The van der Waals surface area contributed by atoms with E-state index in [0.717, 1.165) is 6.07 Å². The second-order valence-corrected chi connectivity index (χ2v) is 6.43. The normalized spacial score (nSPS) is 12.0. The Morgan fingerprint density at radius 2 is 2.00 bits per heavy atom. The lowest BCUT2D eigenvalue weighted by molar-refractivity contribution is -0.137. The highest BCUT2D eigenvalue weighted by molar-refractivity contribution is 7.15. The summed E-state index contributed by atoms with van der Waals surface area (Å²) in [6, 6.07) is 2.24. The minimum Gasteiger partial charge on any atom is -0.354 e. The highest BCUT2D eigenvalue weighted by Gasteiger charge is 2.36. The number of hydrogen-bond donors (Lipinski definition) is 0. The predicted molar refractivity (Wildman–Crippen MR) is 85.2 cm³/mol. The molecule has 5 nitrogen and oxygen atoms in total. The fourth-order valence-corrected chi connectivity index (χ4v) is 3.06. The highest BCUT2D eigenvalue weighted by atomic mass is 35.5. The van der Waals surface area contributed by atoms with Gasteiger partial charge in [0.15, 0.2) is 10.8 Å². The van der Waals surface area contributed by atoms with E-state index in [0.29, 0.717) is 9.34 Å². The van der Waals surface area contributed by atoms with Crippen LogP contribution in [-0.4, -0.2) is 37.0 Å². The number of ether oxygens (including phenoxy) is 2. The van der Waals surface area contributed by atoms with E-state index in [-0.39, 0.29) is 18.9 Å². The average Bonchev–Trinajstić information content (AvgIpc) is 2.95. The molecule has 2 aromatic rings. The Hall–Kier alpha value is -1.42. The second kappa shape index (κ2) is 8.11. The summed E-state index contributed by atoms with van der Waals surface area (Å²) in [5.41, 5.74) is -0.827. The Morgan fingerprint density at radius 3 is 2.54 bits per heavy atom. The van der Waals surface area contributed by atoms with Gasteiger partial charge in [0.1, 0.15) is 5.82 Å². The van der Waals surface area contributed by atoms with E-state index in [1.807, 2.05) is 0 Å². The summed E-state index contributed by atoms with van der Waals surface area (Å²) in [6.45, 7) is 0.205. The molecule has 2 rings (SSSR count). The number of alkyl halides is 3. The van der Waals surface area contributed by atoms with Gasteiger partial charge in [-0.15, -0.1) is 11.3 Å². The fraction of sp³-hybridized carbons (Fsp3) is 0.429. The van der Waals surface area contributed by atoms with Crippen LogP contribution >= 0.6 is 22.9 Å². The van der Waals surface area contributed by atoms with Crippen LogP contribution in [0.15, 0.2) is 24.5 Å². The lowest BCUT2D eigenvalue weighted by Crippen LogP contribution is -2.35. The highest BCUT2D eigenvalue weighted by Crippen LogP contribution is 2.36. The van der Waals surface area contributed by atoms with Crippen molar-refractivity contribution in [3.8, 4) is 0 Å². The largest absolute Gasteiger partial charge is 0.419 e. The molecule has 0 N–H and O–H groups in total. The Labute approximate surface area is 146 Å². The third-order valence-electron chi connectivity index (χ3n) is 3.16. The molecule has 0 aliphatic rings. The molecule has 0 amide bonds. The molecule has 0 atom stereocenters. The van der Waals surface area contributed by atoms with E-state index in [2.05, 4.69) is 9.97 Å². The maximum Gasteiger partial charge on any atom is 0.419 e. The van der Waals surface area contributed by atoms with Crippen molar-refractivity contribution in [1.29, 1.82) is 0 Å². The first-order valence-electron chi connectivity index (χ1n) is 6.78. The molecule has 10 heteroatoms. The molecule has 0 saturated heterocycles. The van der Waals surface area contributed by atoms with Crippen LogP contribution in [0.1, 0.15) is 10.4 Å². The molecular weight excluding hydrogens is 367 g/mol. The quantitative estimate of drug-likeness (QED) is 0.682. The third kappa shape index (κ3) is 4.79. The summed E-state index contributed by atoms with van der Waals surface area (Å²) in [4.78, 5) is 9.96. The first kappa shape index (κ1) is 18.9. The van der Waals surface area contributed by atoms with E-state index in [4.69, 9.17) is 21.1 Å². The molecular formula is C14H15ClF3N3O2S. The lowest BCUT2D eigenvalue weighted by atomic mass is 10.2. The molecule has 0 spiro atoms. The van der Waals surface area contributed by atoms with Gasteiger partial charge in [0.25, 0.3) is 0 Å². The second-order valence-electron chi connectivity index (χ2n) is 4.73. The van der Waals surface area contributed by atoms with Gasteiger partial charge in [-0.3, -0.25) is 0 Å². The van der Waals surface area contributed by atoms with Crippen LogP contribution in [0.5, 0.6) is 0 Å². The van der Waals surface area contributed by atoms with Gasteiger partial charge in [-0.25, -0.2) is 9.97 Å². The molecule has 0 aromatic carbocycles. The summed E-state index contributed by atoms with van der Waals surface area (Å²) < 4.78 is 50.4. The van der Waals surface area contributed by atoms with Crippen molar-refractivity contribution in [1.82, 2.24) is 9.97 Å². The minimum atomic E-state index is -4.52. The molecule has 2 aromatic heterocycles. The van der Waals surface area contributed by atoms with Crippen LogP contribution in [0.25, 0.3) is 0 Å². The van der Waals surface area contributed by atoms with E-state index in [9.17, 15) is 13.2 Å². The third-order valence-corrected chi connectivity index (χ3v) is 4.26. The average molecular weight is 382 g/mol. The Balaban J connectivity index is 2.38. The van der Waals surface area contributed by atoms with Crippen LogP contribution in [0.4, 0.5) is 19.0 Å². The van der Waals surface area contributed by atoms with Crippen molar-refractivity contribution in [3.05, 3.63) is 39.4 Å². The minimum absolute atomic E-state index is 0.0581. The van der Waals surface area contributed by atoms with E-state index < -0.39 is 18.0 Å². The summed E-state index contributed by atoms with van der Waals surface area (Å²) in [6.07, 6.45) is -2.41.